The first-order valence-corrected chi connectivity index (χ1v) is 10.9. The van der Waals surface area contributed by atoms with Crippen LogP contribution < -0.4 is 15.0 Å². The average Bonchev–Trinajstić information content (AvgIpc) is 3.12. The number of carbonyl (C=O) groups excluding carboxylic acids is 3. The van der Waals surface area contributed by atoms with Gasteiger partial charge in [-0.15, -0.1) is 0 Å². The van der Waals surface area contributed by atoms with E-state index in [1.165, 1.54) is 0 Å². The van der Waals surface area contributed by atoms with Crippen LogP contribution in [0.2, 0.25) is 0 Å². The Morgan fingerprint density at radius 1 is 1.16 bits per heavy atom. The molecule has 0 atom stereocenters. The molecule has 2 aliphatic heterocycles. The highest BCUT2D eigenvalue weighted by atomic mass is 16.6. The SMILES string of the molecule is COc1cc(NC(=O)CC2CCN(C(=O)OC(C)(C)C)CC2)ccc1N1CCCC1=O. The molecule has 0 aliphatic carbocycles. The van der Waals surface area contributed by atoms with E-state index in [-0.39, 0.29) is 23.8 Å². The lowest BCUT2D eigenvalue weighted by Crippen LogP contribution is -2.42. The lowest BCUT2D eigenvalue weighted by atomic mass is 9.93. The van der Waals surface area contributed by atoms with E-state index in [9.17, 15) is 14.4 Å². The van der Waals surface area contributed by atoms with Crippen molar-refractivity contribution in [2.24, 2.45) is 5.92 Å². The van der Waals surface area contributed by atoms with Crippen LogP contribution in [0.1, 0.15) is 52.9 Å². The molecule has 0 saturated carbocycles. The second-order valence-corrected chi connectivity index (χ2v) is 9.20. The average molecular weight is 432 g/mol. The van der Waals surface area contributed by atoms with Crippen LogP contribution in [0.15, 0.2) is 18.2 Å². The zero-order chi connectivity index (χ0) is 22.6. The van der Waals surface area contributed by atoms with Gasteiger partial charge >= 0.3 is 6.09 Å². The van der Waals surface area contributed by atoms with E-state index in [0.717, 1.165) is 24.9 Å². The third kappa shape index (κ3) is 6.12. The number of carbonyl (C=O) groups is 3. The van der Waals surface area contributed by atoms with Crippen molar-refractivity contribution in [1.29, 1.82) is 0 Å². The van der Waals surface area contributed by atoms with Crippen molar-refractivity contribution in [3.63, 3.8) is 0 Å². The van der Waals surface area contributed by atoms with Gasteiger partial charge in [-0.25, -0.2) is 4.79 Å². The van der Waals surface area contributed by atoms with E-state index < -0.39 is 5.60 Å². The highest BCUT2D eigenvalue weighted by Crippen LogP contribution is 2.34. The second-order valence-electron chi connectivity index (χ2n) is 9.20. The van der Waals surface area contributed by atoms with Crippen molar-refractivity contribution in [3.8, 4) is 5.75 Å². The van der Waals surface area contributed by atoms with Crippen molar-refractivity contribution >= 4 is 29.3 Å². The van der Waals surface area contributed by atoms with Crippen LogP contribution in [-0.2, 0) is 14.3 Å². The van der Waals surface area contributed by atoms with E-state index in [1.54, 1.807) is 29.0 Å². The molecule has 2 aliphatic rings. The van der Waals surface area contributed by atoms with E-state index >= 15 is 0 Å². The molecule has 8 nitrogen and oxygen atoms in total. The van der Waals surface area contributed by atoms with E-state index in [1.807, 2.05) is 26.8 Å². The summed E-state index contributed by atoms with van der Waals surface area (Å²) >= 11 is 0. The summed E-state index contributed by atoms with van der Waals surface area (Å²) in [6.07, 6.45) is 3.04. The standard InChI is InChI=1S/C23H33N3O5/c1-23(2,3)31-22(29)25-12-9-16(10-13-25)14-20(27)24-17-7-8-18(19(15-17)30-4)26-11-5-6-21(26)28/h7-8,15-16H,5-6,9-14H2,1-4H3,(H,24,27). The summed E-state index contributed by atoms with van der Waals surface area (Å²) in [5, 5.41) is 2.93. The van der Waals surface area contributed by atoms with Crippen LogP contribution in [0, 0.1) is 5.92 Å². The molecule has 8 heteroatoms. The van der Waals surface area contributed by atoms with Gasteiger partial charge in [0.05, 0.1) is 12.8 Å². The summed E-state index contributed by atoms with van der Waals surface area (Å²) in [7, 11) is 1.56. The predicted molar refractivity (Wildman–Crippen MR) is 118 cm³/mol. The van der Waals surface area contributed by atoms with Gasteiger partial charge < -0.3 is 24.6 Å². The maximum Gasteiger partial charge on any atom is 0.410 e. The van der Waals surface area contributed by atoms with Crippen LogP contribution in [0.3, 0.4) is 0 Å². The molecule has 3 amide bonds. The fourth-order valence-corrected chi connectivity index (χ4v) is 4.00. The number of hydrogen-bond donors (Lipinski definition) is 1. The first kappa shape index (κ1) is 22.9. The number of benzene rings is 1. The highest BCUT2D eigenvalue weighted by Gasteiger charge is 2.28. The van der Waals surface area contributed by atoms with Gasteiger partial charge in [-0.3, -0.25) is 9.59 Å². The first-order valence-electron chi connectivity index (χ1n) is 10.9. The predicted octanol–water partition coefficient (Wildman–Crippen LogP) is 3.80. The smallest absolute Gasteiger partial charge is 0.410 e. The Labute approximate surface area is 183 Å². The van der Waals surface area contributed by atoms with Crippen molar-refractivity contribution in [1.82, 2.24) is 4.90 Å². The fourth-order valence-electron chi connectivity index (χ4n) is 4.00. The fraction of sp³-hybridized carbons (Fsp3) is 0.609. The zero-order valence-electron chi connectivity index (χ0n) is 18.9. The Hall–Kier alpha value is -2.77. The van der Waals surface area contributed by atoms with Gasteiger partial charge in [-0.2, -0.15) is 0 Å². The lowest BCUT2D eigenvalue weighted by molar-refractivity contribution is -0.118. The van der Waals surface area contributed by atoms with Crippen LogP contribution in [-0.4, -0.2) is 55.2 Å². The maximum absolute atomic E-state index is 12.6. The van der Waals surface area contributed by atoms with Crippen molar-refractivity contribution < 1.29 is 23.9 Å². The Morgan fingerprint density at radius 3 is 2.45 bits per heavy atom. The molecular formula is C23H33N3O5. The number of hydrogen-bond acceptors (Lipinski definition) is 5. The number of likely N-dealkylation sites (tertiary alicyclic amines) is 1. The van der Waals surface area contributed by atoms with Gasteiger partial charge in [0.15, 0.2) is 0 Å². The number of amides is 3. The minimum atomic E-state index is -0.507. The van der Waals surface area contributed by atoms with Gasteiger partial charge in [0, 0.05) is 44.2 Å². The van der Waals surface area contributed by atoms with Crippen LogP contribution in [0.4, 0.5) is 16.2 Å². The van der Waals surface area contributed by atoms with E-state index in [2.05, 4.69) is 5.32 Å². The van der Waals surface area contributed by atoms with Gasteiger partial charge in [-0.1, -0.05) is 0 Å². The molecule has 1 N–H and O–H groups in total. The molecule has 2 saturated heterocycles. The van der Waals surface area contributed by atoms with E-state index in [4.69, 9.17) is 9.47 Å². The number of methoxy groups -OCH3 is 1. The third-order valence-corrected chi connectivity index (χ3v) is 5.57. The van der Waals surface area contributed by atoms with E-state index in [0.29, 0.717) is 43.9 Å². The largest absolute Gasteiger partial charge is 0.494 e. The molecular weight excluding hydrogens is 398 g/mol. The van der Waals surface area contributed by atoms with Crippen LogP contribution in [0.25, 0.3) is 0 Å². The maximum atomic E-state index is 12.6. The normalized spacial score (nSPS) is 17.6. The van der Waals surface area contributed by atoms with Crippen molar-refractivity contribution in [2.75, 3.05) is 37.0 Å². The molecule has 170 valence electrons. The van der Waals surface area contributed by atoms with Crippen molar-refractivity contribution in [3.05, 3.63) is 18.2 Å². The number of rotatable bonds is 5. The van der Waals surface area contributed by atoms with Gasteiger partial charge in [0.1, 0.15) is 11.4 Å². The summed E-state index contributed by atoms with van der Waals surface area (Å²) < 4.78 is 10.9. The molecule has 0 radical (unpaired) electrons. The minimum absolute atomic E-state index is 0.0669. The Bertz CT molecular complexity index is 825. The molecule has 3 rings (SSSR count). The lowest BCUT2D eigenvalue weighted by Gasteiger charge is -2.33. The molecule has 2 heterocycles. The Balaban J connectivity index is 1.51. The minimum Gasteiger partial charge on any atom is -0.494 e. The molecule has 0 bridgehead atoms. The number of ether oxygens (including phenoxy) is 2. The number of piperidine rings is 1. The molecule has 0 spiro atoms. The molecule has 2 fully saturated rings. The molecule has 31 heavy (non-hydrogen) atoms. The van der Waals surface area contributed by atoms with Gasteiger partial charge in [0.25, 0.3) is 0 Å². The van der Waals surface area contributed by atoms with Gasteiger partial charge in [-0.05, 0) is 58.1 Å². The van der Waals surface area contributed by atoms with Gasteiger partial charge in [0.2, 0.25) is 11.8 Å². The Kier molecular flexibility index (Phi) is 7.08. The quantitative estimate of drug-likeness (QED) is 0.766. The molecule has 0 aromatic heterocycles. The monoisotopic (exact) mass is 431 g/mol. The van der Waals surface area contributed by atoms with Crippen molar-refractivity contribution in [2.45, 2.75) is 58.5 Å². The molecule has 1 aromatic rings. The second kappa shape index (κ2) is 9.58. The number of nitrogens with zero attached hydrogens (tertiary/aromatic N) is 2. The number of anilines is 2. The summed E-state index contributed by atoms with van der Waals surface area (Å²) in [6.45, 7) is 7.44. The third-order valence-electron chi connectivity index (χ3n) is 5.57. The summed E-state index contributed by atoms with van der Waals surface area (Å²) in [5.41, 5.74) is 0.868. The Morgan fingerprint density at radius 2 is 1.87 bits per heavy atom. The molecule has 0 unspecified atom stereocenters. The van der Waals surface area contributed by atoms with Crippen LogP contribution in [0.5, 0.6) is 5.75 Å². The molecule has 1 aromatic carbocycles. The topological polar surface area (TPSA) is 88.2 Å². The van der Waals surface area contributed by atoms with Crippen LogP contribution >= 0.6 is 0 Å². The summed E-state index contributed by atoms with van der Waals surface area (Å²) in [5.74, 6) is 0.816. The highest BCUT2D eigenvalue weighted by molar-refractivity contribution is 5.98. The number of nitrogens with one attached hydrogen (secondary N) is 1. The summed E-state index contributed by atoms with van der Waals surface area (Å²) in [6, 6.07) is 5.37. The summed E-state index contributed by atoms with van der Waals surface area (Å²) in [4.78, 5) is 40.2. The zero-order valence-corrected chi connectivity index (χ0v) is 18.9. The first-order chi connectivity index (χ1) is 14.7.